The van der Waals surface area contributed by atoms with E-state index >= 15 is 0 Å². The van der Waals surface area contributed by atoms with Gasteiger partial charge in [0.2, 0.25) is 0 Å². The molecule has 0 aliphatic rings. The summed E-state index contributed by atoms with van der Waals surface area (Å²) in [6.07, 6.45) is 7.03. The van der Waals surface area contributed by atoms with E-state index in [9.17, 15) is 4.79 Å². The van der Waals surface area contributed by atoms with Crippen molar-refractivity contribution in [1.29, 1.82) is 0 Å². The Bertz CT molecular complexity index is 916. The van der Waals surface area contributed by atoms with Crippen LogP contribution in [0.3, 0.4) is 0 Å². The number of nitrogens with zero attached hydrogens (tertiary/aromatic N) is 2. The number of carbonyl (C=O) groups excluding carboxylic acids is 1. The second-order valence-corrected chi connectivity index (χ2v) is 6.38. The Balaban J connectivity index is 2.09. The van der Waals surface area contributed by atoms with Gasteiger partial charge >= 0.3 is 5.97 Å². The van der Waals surface area contributed by atoms with E-state index in [0.29, 0.717) is 5.57 Å². The van der Waals surface area contributed by atoms with Crippen molar-refractivity contribution in [1.82, 2.24) is 5.32 Å². The lowest BCUT2D eigenvalue weighted by molar-refractivity contribution is -0.132. The molecule has 2 rings (SSSR count). The Morgan fingerprint density at radius 1 is 1.13 bits per heavy atom. The molecule has 0 aromatic heterocycles. The standard InChI is InChI=1S/C24H28N4O2/c1-19(10-8-9-17-25-2)23(24(29)30-4)27-28(3)22-15-13-21(14-16-22)26-18-20-11-6-5-7-12-20/h5-17,25-26H,1,18H2,2-4H3/b10-8-,17-9-,27-23-. The molecular formula is C24H28N4O2. The van der Waals surface area contributed by atoms with E-state index in [1.54, 1.807) is 43.5 Å². The molecule has 2 aromatic carbocycles. The first-order valence-electron chi connectivity index (χ1n) is 9.53. The van der Waals surface area contributed by atoms with Crippen LogP contribution in [-0.2, 0) is 16.1 Å². The van der Waals surface area contributed by atoms with Gasteiger partial charge in [-0.1, -0.05) is 49.1 Å². The van der Waals surface area contributed by atoms with E-state index in [2.05, 4.69) is 34.4 Å². The van der Waals surface area contributed by atoms with Crippen molar-refractivity contribution < 1.29 is 9.53 Å². The molecule has 156 valence electrons. The predicted octanol–water partition coefficient (Wildman–Crippen LogP) is 4.11. The summed E-state index contributed by atoms with van der Waals surface area (Å²) >= 11 is 0. The van der Waals surface area contributed by atoms with Gasteiger partial charge < -0.3 is 15.4 Å². The molecule has 0 saturated carbocycles. The van der Waals surface area contributed by atoms with Gasteiger partial charge in [-0.05, 0) is 42.1 Å². The first-order chi connectivity index (χ1) is 14.5. The normalized spacial score (nSPS) is 11.5. The van der Waals surface area contributed by atoms with Crippen molar-refractivity contribution in [2.45, 2.75) is 6.54 Å². The number of methoxy groups -OCH3 is 1. The zero-order valence-corrected chi connectivity index (χ0v) is 17.6. The number of esters is 1. The Kier molecular flexibility index (Phi) is 8.93. The number of ether oxygens (including phenoxy) is 1. The summed E-state index contributed by atoms with van der Waals surface area (Å²) in [6, 6.07) is 18.0. The maximum atomic E-state index is 12.2. The van der Waals surface area contributed by atoms with Crippen LogP contribution in [0.4, 0.5) is 11.4 Å². The largest absolute Gasteiger partial charge is 0.464 e. The van der Waals surface area contributed by atoms with Crippen LogP contribution in [0.5, 0.6) is 0 Å². The van der Waals surface area contributed by atoms with Crippen LogP contribution in [0, 0.1) is 0 Å². The van der Waals surface area contributed by atoms with E-state index in [0.717, 1.165) is 17.9 Å². The molecule has 2 N–H and O–H groups in total. The third kappa shape index (κ3) is 6.98. The second kappa shape index (κ2) is 11.9. The number of nitrogens with one attached hydrogen (secondary N) is 2. The topological polar surface area (TPSA) is 66.0 Å². The number of hydrogen-bond donors (Lipinski definition) is 2. The van der Waals surface area contributed by atoms with Crippen LogP contribution in [-0.4, -0.2) is 32.9 Å². The molecule has 30 heavy (non-hydrogen) atoms. The van der Waals surface area contributed by atoms with Crippen LogP contribution >= 0.6 is 0 Å². The van der Waals surface area contributed by atoms with E-state index in [1.807, 2.05) is 42.5 Å². The van der Waals surface area contributed by atoms with Gasteiger partial charge in [-0.25, -0.2) is 4.79 Å². The first kappa shape index (κ1) is 22.5. The number of allylic oxidation sites excluding steroid dienone is 3. The van der Waals surface area contributed by atoms with Gasteiger partial charge in [0, 0.05) is 31.9 Å². The summed E-state index contributed by atoms with van der Waals surface area (Å²) in [5.41, 5.74) is 3.63. The molecule has 6 nitrogen and oxygen atoms in total. The average molecular weight is 405 g/mol. The minimum atomic E-state index is -0.546. The number of benzene rings is 2. The van der Waals surface area contributed by atoms with E-state index in [1.165, 1.54) is 12.7 Å². The second-order valence-electron chi connectivity index (χ2n) is 6.38. The van der Waals surface area contributed by atoms with Gasteiger partial charge in [0.25, 0.3) is 0 Å². The van der Waals surface area contributed by atoms with E-state index in [4.69, 9.17) is 4.74 Å². The van der Waals surface area contributed by atoms with E-state index in [-0.39, 0.29) is 5.71 Å². The minimum absolute atomic E-state index is 0.139. The Hall–Kier alpha value is -3.80. The molecule has 0 bridgehead atoms. The van der Waals surface area contributed by atoms with Gasteiger partial charge in [0.1, 0.15) is 0 Å². The average Bonchev–Trinajstić information content (AvgIpc) is 2.79. The smallest absolute Gasteiger partial charge is 0.359 e. The fourth-order valence-corrected chi connectivity index (χ4v) is 2.54. The van der Waals surface area contributed by atoms with E-state index < -0.39 is 5.97 Å². The predicted molar refractivity (Wildman–Crippen MR) is 125 cm³/mol. The molecule has 0 fully saturated rings. The summed E-state index contributed by atoms with van der Waals surface area (Å²) in [6.45, 7) is 4.67. The van der Waals surface area contributed by atoms with Gasteiger partial charge in [-0.3, -0.25) is 5.01 Å². The van der Waals surface area contributed by atoms with Crippen molar-refractivity contribution in [2.24, 2.45) is 5.10 Å². The summed E-state index contributed by atoms with van der Waals surface area (Å²) in [4.78, 5) is 12.2. The summed E-state index contributed by atoms with van der Waals surface area (Å²) in [5, 5.41) is 12.3. The van der Waals surface area contributed by atoms with Gasteiger partial charge in [-0.15, -0.1) is 0 Å². The van der Waals surface area contributed by atoms with Crippen LogP contribution in [0.1, 0.15) is 5.56 Å². The molecular weight excluding hydrogens is 376 g/mol. The summed E-state index contributed by atoms with van der Waals surface area (Å²) in [7, 11) is 4.90. The number of hydrazone groups is 1. The molecule has 0 amide bonds. The molecule has 0 heterocycles. The molecule has 0 aliphatic carbocycles. The highest BCUT2D eigenvalue weighted by Crippen LogP contribution is 2.18. The van der Waals surface area contributed by atoms with Crippen LogP contribution in [0.2, 0.25) is 0 Å². The van der Waals surface area contributed by atoms with Crippen LogP contribution < -0.4 is 15.6 Å². The first-order valence-corrected chi connectivity index (χ1v) is 9.53. The van der Waals surface area contributed by atoms with Crippen molar-refractivity contribution in [3.63, 3.8) is 0 Å². The number of anilines is 2. The highest BCUT2D eigenvalue weighted by Gasteiger charge is 2.15. The highest BCUT2D eigenvalue weighted by atomic mass is 16.5. The maximum absolute atomic E-state index is 12.2. The van der Waals surface area contributed by atoms with Crippen molar-refractivity contribution in [3.05, 3.63) is 96.7 Å². The quantitative estimate of drug-likeness (QED) is 0.270. The Morgan fingerprint density at radius 3 is 2.47 bits per heavy atom. The summed E-state index contributed by atoms with van der Waals surface area (Å²) < 4.78 is 4.86. The summed E-state index contributed by atoms with van der Waals surface area (Å²) in [5.74, 6) is -0.546. The van der Waals surface area contributed by atoms with Gasteiger partial charge in [-0.2, -0.15) is 5.10 Å². The molecule has 0 aliphatic heterocycles. The fourth-order valence-electron chi connectivity index (χ4n) is 2.54. The van der Waals surface area contributed by atoms with Gasteiger partial charge in [0.05, 0.1) is 12.8 Å². The van der Waals surface area contributed by atoms with Crippen molar-refractivity contribution >= 4 is 23.1 Å². The number of carbonyl (C=O) groups is 1. The lowest BCUT2D eigenvalue weighted by Crippen LogP contribution is -2.22. The Labute approximate surface area is 178 Å². The molecule has 0 radical (unpaired) electrons. The van der Waals surface area contributed by atoms with Crippen molar-refractivity contribution in [3.8, 4) is 0 Å². The third-order valence-electron chi connectivity index (χ3n) is 4.18. The zero-order chi connectivity index (χ0) is 21.8. The molecule has 0 spiro atoms. The third-order valence-corrected chi connectivity index (χ3v) is 4.18. The molecule has 6 heteroatoms. The molecule has 2 aromatic rings. The maximum Gasteiger partial charge on any atom is 0.359 e. The Morgan fingerprint density at radius 2 is 1.83 bits per heavy atom. The molecule has 0 atom stereocenters. The van der Waals surface area contributed by atoms with Crippen LogP contribution in [0.25, 0.3) is 0 Å². The monoisotopic (exact) mass is 404 g/mol. The molecule has 0 saturated heterocycles. The SMILES string of the molecule is C=C(/C=C\C=C/NC)/C(=N/N(C)c1ccc(NCc2ccccc2)cc1)C(=O)OC. The van der Waals surface area contributed by atoms with Crippen molar-refractivity contribution in [2.75, 3.05) is 31.5 Å². The number of rotatable bonds is 10. The lowest BCUT2D eigenvalue weighted by atomic mass is 10.1. The number of hydrogen-bond acceptors (Lipinski definition) is 6. The zero-order valence-electron chi connectivity index (χ0n) is 17.6. The van der Waals surface area contributed by atoms with Gasteiger partial charge in [0.15, 0.2) is 5.71 Å². The lowest BCUT2D eigenvalue weighted by Gasteiger charge is -2.16. The van der Waals surface area contributed by atoms with Crippen LogP contribution in [0.15, 0.2) is 96.3 Å². The molecule has 0 unspecified atom stereocenters. The fraction of sp³-hybridized carbons (Fsp3) is 0.167. The highest BCUT2D eigenvalue weighted by molar-refractivity contribution is 6.44. The minimum Gasteiger partial charge on any atom is -0.464 e.